The maximum atomic E-state index is 6.34. The molecular formula is C16H20ClNS. The fourth-order valence-electron chi connectivity index (χ4n) is 2.58. The molecule has 102 valence electrons. The van der Waals surface area contributed by atoms with Crippen LogP contribution < -0.4 is 5.32 Å². The Kier molecular flexibility index (Phi) is 3.84. The average Bonchev–Trinajstić information content (AvgIpc) is 3.11. The van der Waals surface area contributed by atoms with Gasteiger partial charge in [0, 0.05) is 11.4 Å². The number of rotatable bonds is 5. The molecule has 19 heavy (non-hydrogen) atoms. The summed E-state index contributed by atoms with van der Waals surface area (Å²) in [6.45, 7) is 6.55. The van der Waals surface area contributed by atoms with E-state index in [2.05, 4.69) is 31.3 Å². The summed E-state index contributed by atoms with van der Waals surface area (Å²) in [4.78, 5) is 1.49. The molecular weight excluding hydrogens is 274 g/mol. The Morgan fingerprint density at radius 3 is 2.84 bits per heavy atom. The van der Waals surface area contributed by atoms with E-state index < -0.39 is 0 Å². The van der Waals surface area contributed by atoms with Gasteiger partial charge in [-0.15, -0.1) is 11.3 Å². The van der Waals surface area contributed by atoms with Crippen molar-refractivity contribution < 1.29 is 0 Å². The van der Waals surface area contributed by atoms with Crippen molar-refractivity contribution in [3.05, 3.63) is 33.7 Å². The molecule has 1 fully saturated rings. The lowest BCUT2D eigenvalue weighted by Crippen LogP contribution is -2.18. The zero-order chi connectivity index (χ0) is 13.4. The Labute approximate surface area is 124 Å². The van der Waals surface area contributed by atoms with E-state index >= 15 is 0 Å². The van der Waals surface area contributed by atoms with Gasteiger partial charge in [-0.3, -0.25) is 0 Å². The molecule has 0 atom stereocenters. The molecule has 0 saturated heterocycles. The summed E-state index contributed by atoms with van der Waals surface area (Å²) in [5.41, 5.74) is 1.57. The van der Waals surface area contributed by atoms with Gasteiger partial charge in [0.1, 0.15) is 0 Å². The van der Waals surface area contributed by atoms with Crippen molar-refractivity contribution in [2.45, 2.75) is 39.2 Å². The molecule has 0 amide bonds. The molecule has 1 aliphatic rings. The van der Waals surface area contributed by atoms with Gasteiger partial charge in [0.2, 0.25) is 0 Å². The quantitative estimate of drug-likeness (QED) is 0.801. The van der Waals surface area contributed by atoms with Gasteiger partial charge in [-0.25, -0.2) is 0 Å². The molecule has 1 aromatic heterocycles. The molecule has 2 aromatic rings. The van der Waals surface area contributed by atoms with Crippen LogP contribution in [0, 0.1) is 5.92 Å². The molecule has 1 saturated carbocycles. The second-order valence-electron chi connectivity index (χ2n) is 5.85. The zero-order valence-corrected chi connectivity index (χ0v) is 13.1. The van der Waals surface area contributed by atoms with Crippen molar-refractivity contribution in [1.29, 1.82) is 0 Å². The smallest absolute Gasteiger partial charge is 0.0584 e. The Morgan fingerprint density at radius 2 is 2.16 bits per heavy atom. The molecule has 0 aliphatic heterocycles. The summed E-state index contributed by atoms with van der Waals surface area (Å²) < 4.78 is 1.27. The maximum Gasteiger partial charge on any atom is 0.0584 e. The fraction of sp³-hybridized carbons (Fsp3) is 0.500. The molecule has 3 rings (SSSR count). The van der Waals surface area contributed by atoms with Crippen LogP contribution in [-0.4, -0.2) is 6.54 Å². The van der Waals surface area contributed by atoms with Crippen molar-refractivity contribution in [2.75, 3.05) is 6.54 Å². The van der Waals surface area contributed by atoms with Crippen LogP contribution in [-0.2, 0) is 6.54 Å². The van der Waals surface area contributed by atoms with E-state index in [0.717, 1.165) is 24.0 Å². The van der Waals surface area contributed by atoms with Gasteiger partial charge in [-0.1, -0.05) is 37.6 Å². The van der Waals surface area contributed by atoms with Crippen molar-refractivity contribution in [1.82, 2.24) is 5.32 Å². The highest BCUT2D eigenvalue weighted by atomic mass is 35.5. The van der Waals surface area contributed by atoms with Crippen molar-refractivity contribution >= 4 is 33.0 Å². The van der Waals surface area contributed by atoms with Crippen LogP contribution in [0.2, 0.25) is 5.02 Å². The van der Waals surface area contributed by atoms with Crippen molar-refractivity contribution in [2.24, 2.45) is 5.92 Å². The third-order valence-electron chi connectivity index (χ3n) is 3.61. The first-order valence-electron chi connectivity index (χ1n) is 7.07. The van der Waals surface area contributed by atoms with Gasteiger partial charge in [-0.05, 0) is 48.2 Å². The SMILES string of the molecule is CC(C)CNCc1sc2c(Cl)cccc2c1C1CC1. The third kappa shape index (κ3) is 2.81. The topological polar surface area (TPSA) is 12.0 Å². The Bertz CT molecular complexity index is 584. The number of hydrogen-bond donors (Lipinski definition) is 1. The van der Waals surface area contributed by atoms with E-state index in [1.54, 1.807) is 5.56 Å². The van der Waals surface area contributed by atoms with Crippen molar-refractivity contribution in [3.8, 4) is 0 Å². The largest absolute Gasteiger partial charge is 0.312 e. The highest BCUT2D eigenvalue weighted by molar-refractivity contribution is 7.20. The number of thiophene rings is 1. The molecule has 1 heterocycles. The molecule has 0 bridgehead atoms. The molecule has 1 aliphatic carbocycles. The fourth-order valence-corrected chi connectivity index (χ4v) is 4.13. The van der Waals surface area contributed by atoms with Gasteiger partial charge in [0.25, 0.3) is 0 Å². The first-order valence-corrected chi connectivity index (χ1v) is 8.26. The number of nitrogens with one attached hydrogen (secondary N) is 1. The minimum atomic E-state index is 0.697. The number of benzene rings is 1. The molecule has 0 spiro atoms. The van der Waals surface area contributed by atoms with Crippen LogP contribution in [0.4, 0.5) is 0 Å². The minimum Gasteiger partial charge on any atom is -0.312 e. The van der Waals surface area contributed by atoms with E-state index in [0.29, 0.717) is 5.92 Å². The van der Waals surface area contributed by atoms with E-state index in [1.165, 1.54) is 27.8 Å². The lowest BCUT2D eigenvalue weighted by molar-refractivity contribution is 0.554. The standard InChI is InChI=1S/C16H20ClNS/c1-10(2)8-18-9-14-15(11-6-7-11)12-4-3-5-13(17)16(12)19-14/h3-5,10-11,18H,6-9H2,1-2H3. The summed E-state index contributed by atoms with van der Waals surface area (Å²) in [6.07, 6.45) is 2.69. The lowest BCUT2D eigenvalue weighted by atomic mass is 10.1. The normalized spacial score (nSPS) is 15.6. The first kappa shape index (κ1) is 13.4. The second kappa shape index (κ2) is 5.43. The number of fused-ring (bicyclic) bond motifs is 1. The third-order valence-corrected chi connectivity index (χ3v) is 5.29. The highest BCUT2D eigenvalue weighted by Gasteiger charge is 2.29. The Hall–Kier alpha value is -0.570. The lowest BCUT2D eigenvalue weighted by Gasteiger charge is -2.07. The van der Waals surface area contributed by atoms with Crippen LogP contribution in [0.1, 0.15) is 43.0 Å². The van der Waals surface area contributed by atoms with Gasteiger partial charge in [0.15, 0.2) is 0 Å². The predicted molar refractivity (Wildman–Crippen MR) is 85.4 cm³/mol. The van der Waals surface area contributed by atoms with E-state index in [1.807, 2.05) is 17.4 Å². The van der Waals surface area contributed by atoms with Crippen LogP contribution in [0.3, 0.4) is 0 Å². The number of halogens is 1. The maximum absolute atomic E-state index is 6.34. The average molecular weight is 294 g/mol. The Balaban J connectivity index is 1.93. The monoisotopic (exact) mass is 293 g/mol. The second-order valence-corrected chi connectivity index (χ2v) is 7.37. The molecule has 0 unspecified atom stereocenters. The molecule has 1 N–H and O–H groups in total. The summed E-state index contributed by atoms with van der Waals surface area (Å²) in [7, 11) is 0. The summed E-state index contributed by atoms with van der Waals surface area (Å²) in [6, 6.07) is 6.31. The predicted octanol–water partition coefficient (Wildman–Crippen LogP) is 5.18. The van der Waals surface area contributed by atoms with Crippen molar-refractivity contribution in [3.63, 3.8) is 0 Å². The summed E-state index contributed by atoms with van der Waals surface area (Å²) in [5.74, 6) is 1.48. The van der Waals surface area contributed by atoms with E-state index in [4.69, 9.17) is 11.6 Å². The van der Waals surface area contributed by atoms with Gasteiger partial charge in [0.05, 0.1) is 9.72 Å². The van der Waals surface area contributed by atoms with E-state index in [9.17, 15) is 0 Å². The molecule has 3 heteroatoms. The van der Waals surface area contributed by atoms with E-state index in [-0.39, 0.29) is 0 Å². The zero-order valence-electron chi connectivity index (χ0n) is 11.5. The van der Waals surface area contributed by atoms with Gasteiger partial charge >= 0.3 is 0 Å². The highest BCUT2D eigenvalue weighted by Crippen LogP contribution is 2.49. The first-order chi connectivity index (χ1) is 9.16. The van der Waals surface area contributed by atoms with Crippen LogP contribution in [0.15, 0.2) is 18.2 Å². The van der Waals surface area contributed by atoms with Gasteiger partial charge in [-0.2, -0.15) is 0 Å². The Morgan fingerprint density at radius 1 is 1.37 bits per heavy atom. The summed E-state index contributed by atoms with van der Waals surface area (Å²) in [5, 5.41) is 5.86. The molecule has 1 nitrogen and oxygen atoms in total. The van der Waals surface area contributed by atoms with Crippen LogP contribution in [0.5, 0.6) is 0 Å². The molecule has 1 aromatic carbocycles. The van der Waals surface area contributed by atoms with Crippen LogP contribution >= 0.6 is 22.9 Å². The van der Waals surface area contributed by atoms with Crippen LogP contribution in [0.25, 0.3) is 10.1 Å². The molecule has 0 radical (unpaired) electrons. The summed E-state index contributed by atoms with van der Waals surface area (Å²) >= 11 is 8.22. The number of hydrogen-bond acceptors (Lipinski definition) is 2. The minimum absolute atomic E-state index is 0.697. The van der Waals surface area contributed by atoms with Gasteiger partial charge < -0.3 is 5.32 Å².